The molecule has 1 atom stereocenters. The Hall–Kier alpha value is -2.95. The van der Waals surface area contributed by atoms with Crippen LogP contribution in [-0.4, -0.2) is 6.03 Å². The lowest BCUT2D eigenvalue weighted by molar-refractivity contribution is 0.238. The Balaban J connectivity index is 1.77. The van der Waals surface area contributed by atoms with Gasteiger partial charge >= 0.3 is 6.03 Å². The van der Waals surface area contributed by atoms with E-state index in [-0.39, 0.29) is 17.7 Å². The molecule has 2 amide bonds. The van der Waals surface area contributed by atoms with Gasteiger partial charge < -0.3 is 10.6 Å². The van der Waals surface area contributed by atoms with Crippen LogP contribution in [0, 0.1) is 11.6 Å². The highest BCUT2D eigenvalue weighted by molar-refractivity contribution is 5.82. The van der Waals surface area contributed by atoms with Gasteiger partial charge in [0.2, 0.25) is 0 Å². The highest BCUT2D eigenvalue weighted by Gasteiger charge is 2.34. The van der Waals surface area contributed by atoms with Gasteiger partial charge in [0.1, 0.15) is 11.6 Å². The van der Waals surface area contributed by atoms with Crippen molar-refractivity contribution < 1.29 is 13.6 Å². The molecule has 4 rings (SSSR count). The number of nitrogens with one attached hydrogen (secondary N) is 2. The maximum atomic E-state index is 14.2. The van der Waals surface area contributed by atoms with Crippen molar-refractivity contribution in [1.82, 2.24) is 10.6 Å². The van der Waals surface area contributed by atoms with Gasteiger partial charge in [-0.25, -0.2) is 13.6 Å². The highest BCUT2D eigenvalue weighted by atomic mass is 19.1. The van der Waals surface area contributed by atoms with Crippen molar-refractivity contribution in [3.8, 4) is 0 Å². The van der Waals surface area contributed by atoms with Crippen LogP contribution in [0.5, 0.6) is 0 Å². The first kappa shape index (κ1) is 15.6. The molecule has 0 radical (unpaired) electrons. The monoisotopic (exact) mass is 338 g/mol. The molecular weight excluding hydrogens is 322 g/mol. The second-order valence-corrected chi connectivity index (χ2v) is 6.14. The number of benzene rings is 2. The number of rotatable bonds is 2. The third kappa shape index (κ3) is 2.82. The molecule has 2 aliphatic rings. The van der Waals surface area contributed by atoms with Crippen LogP contribution in [0.2, 0.25) is 0 Å². The molecule has 25 heavy (non-hydrogen) atoms. The molecule has 0 fully saturated rings. The molecule has 126 valence electrons. The molecule has 2 N–H and O–H groups in total. The second kappa shape index (κ2) is 6.16. The number of hydrogen-bond acceptors (Lipinski definition) is 1. The molecule has 5 heteroatoms. The zero-order valence-electron chi connectivity index (χ0n) is 13.4. The zero-order chi connectivity index (χ0) is 17.4. The van der Waals surface area contributed by atoms with Gasteiger partial charge in [0.15, 0.2) is 0 Å². The highest BCUT2D eigenvalue weighted by Crippen LogP contribution is 2.40. The summed E-state index contributed by atoms with van der Waals surface area (Å²) in [4.78, 5) is 12.1. The van der Waals surface area contributed by atoms with Crippen LogP contribution in [0.3, 0.4) is 0 Å². The van der Waals surface area contributed by atoms with Crippen molar-refractivity contribution in [2.24, 2.45) is 0 Å². The number of halogens is 2. The molecule has 1 unspecified atom stereocenters. The van der Waals surface area contributed by atoms with Crippen molar-refractivity contribution in [2.45, 2.75) is 18.9 Å². The first-order valence-electron chi connectivity index (χ1n) is 8.14. The maximum Gasteiger partial charge on any atom is 0.319 e. The minimum atomic E-state index is -0.503. The molecule has 0 saturated carbocycles. The van der Waals surface area contributed by atoms with E-state index in [1.165, 1.54) is 12.1 Å². The van der Waals surface area contributed by atoms with Crippen molar-refractivity contribution >= 4 is 12.1 Å². The van der Waals surface area contributed by atoms with Crippen LogP contribution in [0.15, 0.2) is 65.4 Å². The quantitative estimate of drug-likeness (QED) is 0.834. The summed E-state index contributed by atoms with van der Waals surface area (Å²) >= 11 is 0. The number of urea groups is 1. The predicted molar refractivity (Wildman–Crippen MR) is 91.4 cm³/mol. The van der Waals surface area contributed by atoms with Gasteiger partial charge in [-0.15, -0.1) is 0 Å². The molecule has 1 aliphatic carbocycles. The first-order valence-corrected chi connectivity index (χ1v) is 8.14. The van der Waals surface area contributed by atoms with E-state index in [1.54, 1.807) is 42.5 Å². The SMILES string of the molecule is O=C1NC2=C(CC/C2=C\c2ccccc2F)C(c2ccccc2F)N1. The Morgan fingerprint density at radius 1 is 0.960 bits per heavy atom. The van der Waals surface area contributed by atoms with Crippen molar-refractivity contribution in [3.63, 3.8) is 0 Å². The van der Waals surface area contributed by atoms with Crippen LogP contribution in [-0.2, 0) is 0 Å². The van der Waals surface area contributed by atoms with E-state index < -0.39 is 6.04 Å². The van der Waals surface area contributed by atoms with Crippen LogP contribution in [0.1, 0.15) is 30.0 Å². The van der Waals surface area contributed by atoms with E-state index in [0.29, 0.717) is 29.7 Å². The topological polar surface area (TPSA) is 41.1 Å². The Kier molecular flexibility index (Phi) is 3.84. The summed E-state index contributed by atoms with van der Waals surface area (Å²) < 4.78 is 28.1. The number of amides is 2. The maximum absolute atomic E-state index is 14.2. The Bertz CT molecular complexity index is 917. The van der Waals surface area contributed by atoms with Crippen LogP contribution in [0.4, 0.5) is 13.6 Å². The number of hydrogen-bond donors (Lipinski definition) is 2. The van der Waals surface area contributed by atoms with Gasteiger partial charge in [-0.1, -0.05) is 36.4 Å². The Labute approximate surface area is 144 Å². The molecule has 0 spiro atoms. The third-order valence-corrected chi connectivity index (χ3v) is 4.62. The van der Waals surface area contributed by atoms with Crippen LogP contribution < -0.4 is 10.6 Å². The lowest BCUT2D eigenvalue weighted by atomic mass is 9.95. The summed E-state index contributed by atoms with van der Waals surface area (Å²) in [6, 6.07) is 12.0. The fourth-order valence-electron chi connectivity index (χ4n) is 3.44. The molecule has 0 saturated heterocycles. The van der Waals surface area contributed by atoms with Gasteiger partial charge in [-0.3, -0.25) is 0 Å². The normalized spacial score (nSPS) is 21.1. The van der Waals surface area contributed by atoms with Gasteiger partial charge in [0.05, 0.1) is 6.04 Å². The Morgan fingerprint density at radius 3 is 2.44 bits per heavy atom. The van der Waals surface area contributed by atoms with E-state index in [0.717, 1.165) is 11.1 Å². The van der Waals surface area contributed by atoms with E-state index >= 15 is 0 Å². The van der Waals surface area contributed by atoms with Crippen molar-refractivity contribution in [1.29, 1.82) is 0 Å². The summed E-state index contributed by atoms with van der Waals surface area (Å²) in [6.45, 7) is 0. The zero-order valence-corrected chi connectivity index (χ0v) is 13.4. The molecular formula is C20H16F2N2O. The van der Waals surface area contributed by atoms with Crippen molar-refractivity contribution in [3.05, 3.63) is 88.1 Å². The Morgan fingerprint density at radius 2 is 1.68 bits per heavy atom. The molecule has 1 aliphatic heterocycles. The molecule has 3 nitrogen and oxygen atoms in total. The average Bonchev–Trinajstić information content (AvgIpc) is 2.99. The van der Waals surface area contributed by atoms with E-state index in [2.05, 4.69) is 10.6 Å². The van der Waals surface area contributed by atoms with Crippen LogP contribution >= 0.6 is 0 Å². The first-order chi connectivity index (χ1) is 12.1. The van der Waals surface area contributed by atoms with Gasteiger partial charge in [0, 0.05) is 16.8 Å². The summed E-state index contributed by atoms with van der Waals surface area (Å²) in [5.41, 5.74) is 3.38. The summed E-state index contributed by atoms with van der Waals surface area (Å²) in [5.74, 6) is -0.664. The summed E-state index contributed by atoms with van der Waals surface area (Å²) in [6.07, 6.45) is 3.11. The van der Waals surface area contributed by atoms with E-state index in [1.807, 2.05) is 0 Å². The van der Waals surface area contributed by atoms with Gasteiger partial charge in [-0.05, 0) is 42.2 Å². The predicted octanol–water partition coefficient (Wildman–Crippen LogP) is 4.45. The third-order valence-electron chi connectivity index (χ3n) is 4.62. The average molecular weight is 338 g/mol. The summed E-state index contributed by atoms with van der Waals surface area (Å²) in [5, 5.41) is 5.60. The molecule has 0 bridgehead atoms. The van der Waals surface area contributed by atoms with E-state index in [9.17, 15) is 13.6 Å². The van der Waals surface area contributed by atoms with Crippen LogP contribution in [0.25, 0.3) is 6.08 Å². The molecule has 1 heterocycles. The fraction of sp³-hybridized carbons (Fsp3) is 0.150. The lowest BCUT2D eigenvalue weighted by Crippen LogP contribution is -2.43. The fourth-order valence-corrected chi connectivity index (χ4v) is 3.44. The van der Waals surface area contributed by atoms with Crippen molar-refractivity contribution in [2.75, 3.05) is 0 Å². The molecule has 2 aromatic carbocycles. The summed E-state index contributed by atoms with van der Waals surface area (Å²) in [7, 11) is 0. The minimum Gasteiger partial charge on any atom is -0.327 e. The van der Waals surface area contributed by atoms with E-state index in [4.69, 9.17) is 0 Å². The number of carbonyl (C=O) groups excluding carboxylic acids is 1. The lowest BCUT2D eigenvalue weighted by Gasteiger charge is -2.27. The standard InChI is InChI=1S/C20H16F2N2O/c21-16-7-3-1-5-12(16)11-13-9-10-15-18(13)23-20(25)24-19(15)14-6-2-4-8-17(14)22/h1-8,11,19H,9-10H2,(H2,23,24,25)/b13-11+. The molecule has 2 aromatic rings. The number of allylic oxidation sites excluding steroid dienone is 1. The number of carbonyl (C=O) groups is 1. The minimum absolute atomic E-state index is 0.310. The smallest absolute Gasteiger partial charge is 0.319 e. The molecule has 0 aromatic heterocycles. The second-order valence-electron chi connectivity index (χ2n) is 6.14. The van der Waals surface area contributed by atoms with Gasteiger partial charge in [-0.2, -0.15) is 0 Å². The van der Waals surface area contributed by atoms with Gasteiger partial charge in [0.25, 0.3) is 0 Å². The largest absolute Gasteiger partial charge is 0.327 e.